The number of hydrogen-bond donors (Lipinski definition) is 1. The molecule has 25 heteroatoms. The summed E-state index contributed by atoms with van der Waals surface area (Å²) in [5.41, 5.74) is 19.2. The number of carbonyl (C=O) groups is 3. The lowest BCUT2D eigenvalue weighted by Gasteiger charge is -2.16. The first-order valence-electron chi connectivity index (χ1n) is 33.3. The van der Waals surface area contributed by atoms with Crippen molar-refractivity contribution in [2.75, 3.05) is 91.7 Å². The van der Waals surface area contributed by atoms with Crippen LogP contribution in [0.4, 0.5) is 4.79 Å². The van der Waals surface area contributed by atoms with E-state index < -0.39 is 22.2 Å². The van der Waals surface area contributed by atoms with Gasteiger partial charge in [-0.25, -0.2) is 59.8 Å². The fourth-order valence-corrected chi connectivity index (χ4v) is 12.5. The van der Waals surface area contributed by atoms with Gasteiger partial charge in [0.15, 0.2) is 50.7 Å². The normalized spacial score (nSPS) is 14.0. The van der Waals surface area contributed by atoms with E-state index in [0.29, 0.717) is 13.2 Å². The van der Waals surface area contributed by atoms with Crippen molar-refractivity contribution in [3.05, 3.63) is 244 Å². The van der Waals surface area contributed by atoms with Gasteiger partial charge in [-0.2, -0.15) is 0 Å². The highest BCUT2D eigenvalue weighted by Crippen LogP contribution is 2.17. The summed E-state index contributed by atoms with van der Waals surface area (Å²) in [6.45, 7) is 18.7. The summed E-state index contributed by atoms with van der Waals surface area (Å²) in [6, 6.07) is 48.1. The fourth-order valence-electron chi connectivity index (χ4n) is 12.0. The molecule has 540 valence electrons. The second kappa shape index (κ2) is 45.0. The van der Waals surface area contributed by atoms with Crippen LogP contribution in [-0.2, 0) is 81.4 Å². The third-order valence-electron chi connectivity index (χ3n) is 17.3. The van der Waals surface area contributed by atoms with Crippen LogP contribution < -0.4 is 95.2 Å². The van der Waals surface area contributed by atoms with E-state index in [-0.39, 0.29) is 102 Å². The number of hydrogen-bond acceptors (Lipinski definition) is 10. The lowest BCUT2D eigenvalue weighted by molar-refractivity contribution is -0.671. The van der Waals surface area contributed by atoms with Crippen LogP contribution in [0.5, 0.6) is 0 Å². The maximum atomic E-state index is 11.3. The minimum absolute atomic E-state index is 0. The highest BCUT2D eigenvalue weighted by atomic mass is 79.9. The fraction of sp³-hybridized carbons (Fsp3) is 0.342. The minimum atomic E-state index is -4.27. The molecule has 1 fully saturated rings. The molecule has 0 bridgehead atoms. The Balaban J connectivity index is 0.000000256. The van der Waals surface area contributed by atoms with Gasteiger partial charge in [0, 0.05) is 72.3 Å². The smallest absolute Gasteiger partial charge is 0.412 e. The third kappa shape index (κ3) is 29.2. The SMILES string of the molecule is C1=[N+](CCN2CCCC2)CCc2ccccc21.C1=[N+](CCn2ccnc2)CCc2ccccc21.CCOC(=O)C[N+]1=Cc2ccccc2CC1.C[n+]1ccn(CC[N+]2=Cc3ccccc3CC2)c1.Cc1ccc(S(=O)(=O)[O-])cc1.NC(=O)OC(=O)C[N+]1=Cc2ccccc2CC1.[Br-].[Br-].[Br-].[Br-].[Br-]. The molecule has 19 nitrogen and oxygen atoms in total. The van der Waals surface area contributed by atoms with E-state index in [1.54, 1.807) is 12.1 Å². The zero-order chi connectivity index (χ0) is 67.5. The van der Waals surface area contributed by atoms with Gasteiger partial charge in [0.2, 0.25) is 19.4 Å². The summed E-state index contributed by atoms with van der Waals surface area (Å²) < 4.78 is 57.9. The van der Waals surface area contributed by atoms with E-state index in [0.717, 1.165) is 89.2 Å². The van der Waals surface area contributed by atoms with E-state index in [2.05, 4.69) is 177 Å². The summed E-state index contributed by atoms with van der Waals surface area (Å²) in [7, 11) is -2.21. The summed E-state index contributed by atoms with van der Waals surface area (Å²) in [4.78, 5) is 39.5. The highest BCUT2D eigenvalue weighted by Gasteiger charge is 2.23. The quantitative estimate of drug-likeness (QED) is 0.0446. The average molecular weight is 1720 g/mol. The predicted octanol–water partition coefficient (Wildman–Crippen LogP) is -8.21. The van der Waals surface area contributed by atoms with Crippen LogP contribution in [0.3, 0.4) is 0 Å². The van der Waals surface area contributed by atoms with Crippen LogP contribution in [0.1, 0.15) is 81.0 Å². The van der Waals surface area contributed by atoms with Gasteiger partial charge >= 0.3 is 18.0 Å². The third-order valence-corrected chi connectivity index (χ3v) is 18.1. The Labute approximate surface area is 647 Å². The van der Waals surface area contributed by atoms with Crippen molar-refractivity contribution in [1.29, 1.82) is 0 Å². The molecule has 1 amide bonds. The van der Waals surface area contributed by atoms with E-state index in [4.69, 9.17) is 10.5 Å². The Bertz CT molecular complexity index is 4200. The molecule has 6 aromatic carbocycles. The monoisotopic (exact) mass is 1710 g/mol. The number of benzene rings is 6. The summed E-state index contributed by atoms with van der Waals surface area (Å²) in [5.74, 6) is -0.786. The first-order chi connectivity index (χ1) is 46.6. The van der Waals surface area contributed by atoms with Crippen molar-refractivity contribution in [2.45, 2.75) is 76.8 Å². The Morgan fingerprint density at radius 2 is 0.891 bits per heavy atom. The zero-order valence-corrected chi connectivity index (χ0v) is 66.3. The zero-order valence-electron chi connectivity index (χ0n) is 57.6. The largest absolute Gasteiger partial charge is 1.00 e. The number of halogens is 5. The van der Waals surface area contributed by atoms with Crippen LogP contribution in [0.25, 0.3) is 0 Å². The number of primary amides is 1. The lowest BCUT2D eigenvalue weighted by atomic mass is 10.0. The van der Waals surface area contributed by atoms with Crippen molar-refractivity contribution in [3.8, 4) is 0 Å². The number of nitrogens with zero attached hydrogens (tertiary/aromatic N) is 10. The minimum Gasteiger partial charge on any atom is -1.00 e. The lowest BCUT2D eigenvalue weighted by Crippen LogP contribution is -3.00. The molecule has 101 heavy (non-hydrogen) atoms. The van der Waals surface area contributed by atoms with Gasteiger partial charge in [-0.3, -0.25) is 4.90 Å². The van der Waals surface area contributed by atoms with Crippen LogP contribution in [-0.4, -0.2) is 196 Å². The van der Waals surface area contributed by atoms with Gasteiger partial charge in [0.1, 0.15) is 61.8 Å². The maximum absolute atomic E-state index is 11.3. The van der Waals surface area contributed by atoms with Crippen molar-refractivity contribution < 1.29 is 149 Å². The number of amides is 1. The topological polar surface area (TPSA) is 198 Å². The van der Waals surface area contributed by atoms with Crippen molar-refractivity contribution >= 4 is 59.2 Å². The number of likely N-dealkylation sites (tertiary alicyclic amines) is 1. The molecule has 14 rings (SSSR count). The number of nitrogens with two attached hydrogens (primary N) is 1. The standard InChI is InChI=1S/C15H19N3.C15H21N2.C14H16N3.C13H16NO2.C12H12N2O3.C7H8O3S.5BrH/c1-16-8-9-18(13-16)11-10-17-7-6-14-4-2-3-5-15(14)12-17;1-2-6-15-13-17(10-7-14(15)5-1)12-11-16-8-3-4-9-16;1-2-4-14-11-16(7-5-13(14)3-1)9-10-17-8-6-15-12-17;1-2-16-13(15)10-14-8-7-11-5-3-4-6-12(11)9-14;13-12(16)17-11(15)8-14-6-5-9-3-1-2-4-10(9)7-14;1-6-2-4-7(5-3-6)11(8,9)10;;;;;/h2-5,8-9,12-13H,6-7,10-11H2,1H3;1-2,5-6,13H,3-4,7-12H2;1-4,6,8,11-12H,5,7,9-10H2;3-6,9H,2,7-8,10H2,1H3;1-4,7H,5-6,8H2,(H-,13,16);2-5H,1H3,(H,8,9,10);5*1H/q+2;3*+1;;;;;;;/p-5. The molecule has 0 spiro atoms. The van der Waals surface area contributed by atoms with Crippen LogP contribution in [0.15, 0.2) is 188 Å². The first-order valence-corrected chi connectivity index (χ1v) is 34.7. The number of ether oxygens (including phenoxy) is 2. The van der Waals surface area contributed by atoms with E-state index in [9.17, 15) is 27.4 Å². The van der Waals surface area contributed by atoms with E-state index >= 15 is 0 Å². The molecule has 0 saturated carbocycles. The molecule has 0 aliphatic carbocycles. The molecule has 0 atom stereocenters. The number of fused-ring (bicyclic) bond motifs is 5. The van der Waals surface area contributed by atoms with Crippen LogP contribution in [0.2, 0.25) is 0 Å². The molecule has 0 radical (unpaired) electrons. The highest BCUT2D eigenvalue weighted by molar-refractivity contribution is 7.85. The van der Waals surface area contributed by atoms with Crippen LogP contribution in [0, 0.1) is 6.92 Å². The van der Waals surface area contributed by atoms with Crippen molar-refractivity contribution in [2.24, 2.45) is 12.8 Å². The van der Waals surface area contributed by atoms with Crippen molar-refractivity contribution in [3.63, 3.8) is 0 Å². The van der Waals surface area contributed by atoms with Crippen LogP contribution >= 0.6 is 0 Å². The molecule has 8 aromatic rings. The Hall–Kier alpha value is -7.23. The number of carbonyl (C=O) groups excluding carboxylic acids is 3. The van der Waals surface area contributed by atoms with Gasteiger partial charge in [-0.1, -0.05) is 109 Å². The maximum Gasteiger partial charge on any atom is 0.412 e. The molecule has 2 N–H and O–H groups in total. The molecule has 0 unspecified atom stereocenters. The first kappa shape index (κ1) is 86.2. The number of aromatic nitrogens is 4. The number of aryl methyl sites for hydroxylation is 2. The Morgan fingerprint density at radius 1 is 0.515 bits per heavy atom. The molecule has 1 saturated heterocycles. The average Bonchev–Trinajstić information content (AvgIpc) is 0.922. The summed E-state index contributed by atoms with van der Waals surface area (Å²) in [5, 5.41) is 0. The van der Waals surface area contributed by atoms with E-state index in [1.165, 1.54) is 114 Å². The molecule has 6 aliphatic rings. The molecule has 2 aromatic heterocycles. The molecule has 6 aliphatic heterocycles. The van der Waals surface area contributed by atoms with Gasteiger partial charge in [0.05, 0.1) is 38.0 Å². The van der Waals surface area contributed by atoms with Gasteiger partial charge in [0.25, 0.3) is 0 Å². The van der Waals surface area contributed by atoms with Gasteiger partial charge in [-0.05, 0) is 110 Å². The second-order valence-electron chi connectivity index (χ2n) is 24.5. The Kier molecular flexibility index (Phi) is 38.4. The van der Waals surface area contributed by atoms with Gasteiger partial charge in [-0.15, -0.1) is 0 Å². The molecule has 8 heterocycles. The van der Waals surface area contributed by atoms with Crippen molar-refractivity contribution in [1.82, 2.24) is 19.0 Å². The molecular formula is C76H92Br5N11O8S. The Morgan fingerprint density at radius 3 is 1.26 bits per heavy atom. The summed E-state index contributed by atoms with van der Waals surface area (Å²) >= 11 is 0. The number of imidazole rings is 2. The van der Waals surface area contributed by atoms with Gasteiger partial charge < -0.3 is 109 Å². The predicted molar refractivity (Wildman–Crippen MR) is 371 cm³/mol. The number of esters is 2. The number of rotatable bonds is 15. The molecular weight excluding hydrogens is 1630 g/mol. The second-order valence-corrected chi connectivity index (χ2v) is 25.8. The van der Waals surface area contributed by atoms with E-state index in [1.807, 2.05) is 84.5 Å². The summed E-state index contributed by atoms with van der Waals surface area (Å²) in [6.07, 6.45) is 30.0.